The minimum atomic E-state index is -0.892. The van der Waals surface area contributed by atoms with Gasteiger partial charge in [0.1, 0.15) is 23.8 Å². The minimum Gasteiger partial charge on any atom is -0.484 e. The second-order valence-electron chi connectivity index (χ2n) is 8.03. The highest BCUT2D eigenvalue weighted by atomic mass is 16.5. The lowest BCUT2D eigenvalue weighted by Gasteiger charge is -2.21. The van der Waals surface area contributed by atoms with Gasteiger partial charge in [0.05, 0.1) is 17.8 Å². The van der Waals surface area contributed by atoms with Crippen LogP contribution in [0.3, 0.4) is 0 Å². The molecule has 1 aromatic carbocycles. The van der Waals surface area contributed by atoms with E-state index in [4.69, 9.17) is 14.2 Å². The van der Waals surface area contributed by atoms with Crippen molar-refractivity contribution in [2.75, 3.05) is 0 Å². The number of rotatable bonds is 9. The van der Waals surface area contributed by atoms with Crippen LogP contribution in [-0.4, -0.2) is 26.2 Å². The van der Waals surface area contributed by atoms with E-state index in [0.29, 0.717) is 17.4 Å². The lowest BCUT2D eigenvalue weighted by atomic mass is 9.92. The Hall–Kier alpha value is -3.61. The predicted octanol–water partition coefficient (Wildman–Crippen LogP) is 5.32. The van der Waals surface area contributed by atoms with Crippen molar-refractivity contribution in [3.63, 3.8) is 0 Å². The monoisotopic (exact) mass is 419 g/mol. The van der Waals surface area contributed by atoms with E-state index in [1.165, 1.54) is 6.26 Å². The maximum absolute atomic E-state index is 11.3. The number of ether oxygens (including phenoxy) is 1. The highest BCUT2D eigenvalue weighted by Crippen LogP contribution is 2.31. The van der Waals surface area contributed by atoms with Gasteiger partial charge in [-0.1, -0.05) is 31.1 Å². The fourth-order valence-corrected chi connectivity index (χ4v) is 3.69. The number of pyridine rings is 1. The summed E-state index contributed by atoms with van der Waals surface area (Å²) < 4.78 is 11.2. The van der Waals surface area contributed by atoms with Crippen LogP contribution in [0.1, 0.15) is 55.7 Å². The molecule has 4 rings (SSSR count). The molecule has 0 aliphatic rings. The lowest BCUT2D eigenvalue weighted by Crippen LogP contribution is -2.13. The molecule has 1 unspecified atom stereocenters. The van der Waals surface area contributed by atoms with Crippen molar-refractivity contribution in [3.05, 3.63) is 77.9 Å². The molecule has 3 heterocycles. The molecular formula is C24H25N3O4. The van der Waals surface area contributed by atoms with Crippen LogP contribution in [0.15, 0.2) is 65.5 Å². The largest absolute Gasteiger partial charge is 0.484 e. The molecule has 7 heteroatoms. The molecule has 0 amide bonds. The van der Waals surface area contributed by atoms with Gasteiger partial charge in [0, 0.05) is 23.6 Å². The van der Waals surface area contributed by atoms with E-state index < -0.39 is 5.97 Å². The van der Waals surface area contributed by atoms with Crippen LogP contribution in [-0.2, 0) is 4.79 Å². The average molecular weight is 419 g/mol. The number of hydrogen-bond acceptors (Lipinski definition) is 5. The zero-order valence-electron chi connectivity index (χ0n) is 17.5. The van der Waals surface area contributed by atoms with Crippen molar-refractivity contribution >= 4 is 17.0 Å². The second kappa shape index (κ2) is 9.04. The van der Waals surface area contributed by atoms with E-state index in [1.807, 2.05) is 48.7 Å². The van der Waals surface area contributed by atoms with E-state index in [2.05, 4.69) is 24.0 Å². The van der Waals surface area contributed by atoms with Crippen molar-refractivity contribution in [2.24, 2.45) is 5.92 Å². The molecule has 0 aliphatic carbocycles. The van der Waals surface area contributed by atoms with Crippen molar-refractivity contribution in [1.82, 2.24) is 15.1 Å². The number of aromatic nitrogens is 3. The third-order valence-corrected chi connectivity index (χ3v) is 5.20. The average Bonchev–Trinajstić information content (AvgIpc) is 3.43. The number of H-pyrrole nitrogens is 1. The molecule has 2 atom stereocenters. The first-order chi connectivity index (χ1) is 15.0. The third-order valence-electron chi connectivity index (χ3n) is 5.20. The summed E-state index contributed by atoms with van der Waals surface area (Å²) in [4.78, 5) is 19.2. The standard InChI is InChI=1S/C24H25N3O4/c1-15(2)13-22(21-8-5-17-9-11-25-24(17)26-21)31-18-6-3-16(4-7-18)19(14-23(28)29)20-10-12-30-27-20/h3-12,15,19,22H,13-14H2,1-2H3,(H,25,26)(H,28,29)/t19?,22-/m0/s1. The van der Waals surface area contributed by atoms with Crippen LogP contribution in [0.2, 0.25) is 0 Å². The van der Waals surface area contributed by atoms with Gasteiger partial charge in [-0.05, 0) is 48.2 Å². The van der Waals surface area contributed by atoms with Gasteiger partial charge in [-0.2, -0.15) is 0 Å². The molecule has 31 heavy (non-hydrogen) atoms. The molecule has 0 saturated carbocycles. The van der Waals surface area contributed by atoms with Crippen LogP contribution in [0.25, 0.3) is 11.0 Å². The molecule has 0 fully saturated rings. The lowest BCUT2D eigenvalue weighted by molar-refractivity contribution is -0.137. The molecule has 160 valence electrons. The molecule has 2 N–H and O–H groups in total. The molecule has 0 aliphatic heterocycles. The summed E-state index contributed by atoms with van der Waals surface area (Å²) in [5.74, 6) is -0.139. The fourth-order valence-electron chi connectivity index (χ4n) is 3.69. The summed E-state index contributed by atoms with van der Waals surface area (Å²) in [6.07, 6.45) is 3.89. The molecule has 0 spiro atoms. The normalized spacial score (nSPS) is 13.4. The number of nitrogens with one attached hydrogen (secondary N) is 1. The number of aliphatic carboxylic acids is 1. The van der Waals surface area contributed by atoms with Gasteiger partial charge in [0.2, 0.25) is 0 Å². The Morgan fingerprint density at radius 2 is 1.90 bits per heavy atom. The molecular weight excluding hydrogens is 394 g/mol. The Morgan fingerprint density at radius 3 is 2.58 bits per heavy atom. The Labute approximate surface area is 180 Å². The van der Waals surface area contributed by atoms with E-state index in [1.54, 1.807) is 6.07 Å². The topological polar surface area (TPSA) is 101 Å². The second-order valence-corrected chi connectivity index (χ2v) is 8.03. The Balaban J connectivity index is 1.56. The predicted molar refractivity (Wildman–Crippen MR) is 116 cm³/mol. The van der Waals surface area contributed by atoms with Crippen molar-refractivity contribution in [3.8, 4) is 5.75 Å². The van der Waals surface area contributed by atoms with E-state index in [9.17, 15) is 9.90 Å². The number of hydrogen-bond donors (Lipinski definition) is 2. The number of carbonyl (C=O) groups is 1. The molecule has 4 aromatic rings. The Kier molecular flexibility index (Phi) is 6.02. The number of carboxylic acids is 1. The Bertz CT molecular complexity index is 1130. The molecule has 0 saturated heterocycles. The van der Waals surface area contributed by atoms with Gasteiger partial charge < -0.3 is 19.4 Å². The number of carboxylic acid groups (broad SMARTS) is 1. The van der Waals surface area contributed by atoms with Gasteiger partial charge in [-0.25, -0.2) is 4.98 Å². The molecule has 3 aromatic heterocycles. The van der Waals surface area contributed by atoms with Gasteiger partial charge in [-0.3, -0.25) is 4.79 Å². The van der Waals surface area contributed by atoms with Crippen LogP contribution >= 0.6 is 0 Å². The van der Waals surface area contributed by atoms with E-state index in [-0.39, 0.29) is 18.4 Å². The first-order valence-electron chi connectivity index (χ1n) is 10.3. The van der Waals surface area contributed by atoms with Crippen molar-refractivity contribution < 1.29 is 19.2 Å². The first kappa shape index (κ1) is 20.7. The van der Waals surface area contributed by atoms with Gasteiger partial charge >= 0.3 is 5.97 Å². The van der Waals surface area contributed by atoms with E-state index >= 15 is 0 Å². The maximum atomic E-state index is 11.3. The van der Waals surface area contributed by atoms with Crippen LogP contribution in [0.4, 0.5) is 0 Å². The minimum absolute atomic E-state index is 0.0667. The zero-order valence-corrected chi connectivity index (χ0v) is 17.5. The van der Waals surface area contributed by atoms with Gasteiger partial charge in [0.15, 0.2) is 0 Å². The number of benzene rings is 1. The first-order valence-corrected chi connectivity index (χ1v) is 10.3. The van der Waals surface area contributed by atoms with E-state index in [0.717, 1.165) is 28.7 Å². The highest BCUT2D eigenvalue weighted by Gasteiger charge is 2.22. The summed E-state index contributed by atoms with van der Waals surface area (Å²) in [5, 5.41) is 14.3. The number of fused-ring (bicyclic) bond motifs is 1. The molecule has 0 radical (unpaired) electrons. The smallest absolute Gasteiger partial charge is 0.304 e. The van der Waals surface area contributed by atoms with Crippen molar-refractivity contribution in [1.29, 1.82) is 0 Å². The van der Waals surface area contributed by atoms with Crippen LogP contribution < -0.4 is 4.74 Å². The highest BCUT2D eigenvalue weighted by molar-refractivity contribution is 5.75. The van der Waals surface area contributed by atoms with Crippen LogP contribution in [0.5, 0.6) is 5.75 Å². The third kappa shape index (κ3) is 4.94. The SMILES string of the molecule is CC(C)C[C@H](Oc1ccc(C(CC(=O)O)c2ccon2)cc1)c1ccc2cc[nH]c2n1. The Morgan fingerprint density at radius 1 is 1.10 bits per heavy atom. The summed E-state index contributed by atoms with van der Waals surface area (Å²) in [6.45, 7) is 4.31. The number of aromatic amines is 1. The molecule has 7 nitrogen and oxygen atoms in total. The maximum Gasteiger partial charge on any atom is 0.304 e. The van der Waals surface area contributed by atoms with Crippen molar-refractivity contribution in [2.45, 2.75) is 38.7 Å². The molecule has 0 bridgehead atoms. The van der Waals surface area contributed by atoms with Gasteiger partial charge in [0.25, 0.3) is 0 Å². The zero-order chi connectivity index (χ0) is 21.8. The van der Waals surface area contributed by atoms with Crippen LogP contribution in [0, 0.1) is 5.92 Å². The summed E-state index contributed by atoms with van der Waals surface area (Å²) in [7, 11) is 0. The number of nitrogens with zero attached hydrogens (tertiary/aromatic N) is 2. The summed E-state index contributed by atoms with van der Waals surface area (Å²) in [6, 6.07) is 15.2. The van der Waals surface area contributed by atoms with Gasteiger partial charge in [-0.15, -0.1) is 0 Å². The quantitative estimate of drug-likeness (QED) is 0.380. The summed E-state index contributed by atoms with van der Waals surface area (Å²) in [5.41, 5.74) is 3.15. The fraction of sp³-hybridized carbons (Fsp3) is 0.292. The summed E-state index contributed by atoms with van der Waals surface area (Å²) >= 11 is 0.